The Morgan fingerprint density at radius 3 is 2.65 bits per heavy atom. The molecule has 1 heterocycles. The average Bonchev–Trinajstić information content (AvgIpc) is 2.89. The quantitative estimate of drug-likeness (QED) is 0.921. The zero-order chi connectivity index (χ0) is 14.6. The summed E-state index contributed by atoms with van der Waals surface area (Å²) in [5, 5.41) is 3.65. The van der Waals surface area contributed by atoms with Crippen LogP contribution in [0.5, 0.6) is 0 Å². The van der Waals surface area contributed by atoms with Gasteiger partial charge in [0, 0.05) is 30.5 Å². The van der Waals surface area contributed by atoms with Crippen molar-refractivity contribution in [1.29, 1.82) is 0 Å². The molecule has 0 atom stereocenters. The molecular weight excluding hydrogens is 274 g/mol. The van der Waals surface area contributed by atoms with Gasteiger partial charge in [-0.1, -0.05) is 23.7 Å². The fourth-order valence-electron chi connectivity index (χ4n) is 1.93. The number of carbonyl (C=O) groups excluding carboxylic acids is 1. The second kappa shape index (κ2) is 6.09. The summed E-state index contributed by atoms with van der Waals surface area (Å²) in [6.07, 6.45) is 5.28. The van der Waals surface area contributed by atoms with Crippen LogP contribution in [0.1, 0.15) is 19.4 Å². The highest BCUT2D eigenvalue weighted by molar-refractivity contribution is 6.30. The third-order valence-corrected chi connectivity index (χ3v) is 3.37. The molecule has 2 rings (SSSR count). The van der Waals surface area contributed by atoms with Gasteiger partial charge in [0.05, 0.1) is 11.7 Å². The van der Waals surface area contributed by atoms with Crippen molar-refractivity contribution in [3.8, 4) is 0 Å². The number of rotatable bonds is 5. The Morgan fingerprint density at radius 2 is 2.05 bits per heavy atom. The van der Waals surface area contributed by atoms with Gasteiger partial charge < -0.3 is 9.88 Å². The first-order chi connectivity index (χ1) is 9.47. The van der Waals surface area contributed by atoms with E-state index in [1.165, 1.54) is 0 Å². The van der Waals surface area contributed by atoms with E-state index in [1.807, 2.05) is 48.9 Å². The van der Waals surface area contributed by atoms with E-state index in [0.717, 1.165) is 5.56 Å². The summed E-state index contributed by atoms with van der Waals surface area (Å²) in [7, 11) is 0. The van der Waals surface area contributed by atoms with E-state index >= 15 is 0 Å². The molecule has 1 aromatic heterocycles. The number of nitrogens with zero attached hydrogens (tertiary/aromatic N) is 2. The summed E-state index contributed by atoms with van der Waals surface area (Å²) in [4.78, 5) is 16.2. The molecule has 0 fully saturated rings. The first-order valence-electron chi connectivity index (χ1n) is 6.46. The lowest BCUT2D eigenvalue weighted by Crippen LogP contribution is -2.39. The highest BCUT2D eigenvalue weighted by Gasteiger charge is 2.27. The first-order valence-corrected chi connectivity index (χ1v) is 6.84. The SMILES string of the molecule is CC(C)(Cn1ccnc1)C(=O)NCc1ccc(Cl)cc1. The van der Waals surface area contributed by atoms with Crippen molar-refractivity contribution in [2.45, 2.75) is 26.9 Å². The van der Waals surface area contributed by atoms with E-state index in [-0.39, 0.29) is 5.91 Å². The number of hydrogen-bond donors (Lipinski definition) is 1. The van der Waals surface area contributed by atoms with E-state index in [4.69, 9.17) is 11.6 Å². The van der Waals surface area contributed by atoms with Crippen LogP contribution < -0.4 is 5.32 Å². The van der Waals surface area contributed by atoms with Crippen LogP contribution in [0.15, 0.2) is 43.0 Å². The summed E-state index contributed by atoms with van der Waals surface area (Å²) in [5.41, 5.74) is 0.536. The lowest BCUT2D eigenvalue weighted by Gasteiger charge is -2.24. The molecule has 4 nitrogen and oxygen atoms in total. The average molecular weight is 292 g/mol. The molecule has 0 bridgehead atoms. The maximum atomic E-state index is 12.3. The molecule has 20 heavy (non-hydrogen) atoms. The van der Waals surface area contributed by atoms with Gasteiger partial charge >= 0.3 is 0 Å². The molecule has 0 radical (unpaired) electrons. The van der Waals surface area contributed by atoms with Crippen molar-refractivity contribution in [1.82, 2.24) is 14.9 Å². The molecule has 5 heteroatoms. The predicted molar refractivity (Wildman–Crippen MR) is 79.3 cm³/mol. The number of imidazole rings is 1. The molecule has 0 spiro atoms. The van der Waals surface area contributed by atoms with Gasteiger partial charge in [-0.2, -0.15) is 0 Å². The maximum Gasteiger partial charge on any atom is 0.227 e. The number of amides is 1. The third kappa shape index (κ3) is 3.84. The van der Waals surface area contributed by atoms with E-state index < -0.39 is 5.41 Å². The van der Waals surface area contributed by atoms with Crippen LogP contribution in [0, 0.1) is 5.41 Å². The van der Waals surface area contributed by atoms with Gasteiger partial charge in [-0.25, -0.2) is 4.98 Å². The van der Waals surface area contributed by atoms with Crippen LogP contribution in [-0.2, 0) is 17.9 Å². The Kier molecular flexibility index (Phi) is 4.45. The number of nitrogens with one attached hydrogen (secondary N) is 1. The Balaban J connectivity index is 1.91. The minimum atomic E-state index is -0.493. The van der Waals surface area contributed by atoms with E-state index in [0.29, 0.717) is 18.1 Å². The lowest BCUT2D eigenvalue weighted by atomic mass is 9.92. The van der Waals surface area contributed by atoms with Crippen molar-refractivity contribution >= 4 is 17.5 Å². The summed E-state index contributed by atoms with van der Waals surface area (Å²) < 4.78 is 1.90. The zero-order valence-corrected chi connectivity index (χ0v) is 12.4. The Hall–Kier alpha value is -1.81. The van der Waals surface area contributed by atoms with E-state index in [2.05, 4.69) is 10.3 Å². The van der Waals surface area contributed by atoms with Gasteiger partial charge in [0.25, 0.3) is 0 Å². The molecule has 0 aliphatic heterocycles. The minimum absolute atomic E-state index is 0.0150. The van der Waals surface area contributed by atoms with Crippen LogP contribution >= 0.6 is 11.6 Å². The molecule has 0 saturated heterocycles. The maximum absolute atomic E-state index is 12.3. The van der Waals surface area contributed by atoms with Gasteiger partial charge in [0.1, 0.15) is 0 Å². The van der Waals surface area contributed by atoms with Crippen LogP contribution in [-0.4, -0.2) is 15.5 Å². The second-order valence-electron chi connectivity index (χ2n) is 5.43. The lowest BCUT2D eigenvalue weighted by molar-refractivity contribution is -0.130. The topological polar surface area (TPSA) is 46.9 Å². The predicted octanol–water partition coefficient (Wildman–Crippen LogP) is 2.88. The van der Waals surface area contributed by atoms with Gasteiger partial charge in [-0.3, -0.25) is 4.79 Å². The number of aromatic nitrogens is 2. The molecule has 2 aromatic rings. The summed E-state index contributed by atoms with van der Waals surface area (Å²) in [5.74, 6) is 0.0150. The molecule has 1 amide bonds. The second-order valence-corrected chi connectivity index (χ2v) is 5.86. The van der Waals surface area contributed by atoms with Gasteiger partial charge in [-0.15, -0.1) is 0 Å². The standard InChI is InChI=1S/C15H18ClN3O/c1-15(2,10-19-8-7-17-11-19)14(20)18-9-12-3-5-13(16)6-4-12/h3-8,11H,9-10H2,1-2H3,(H,18,20). The summed E-state index contributed by atoms with van der Waals surface area (Å²) >= 11 is 5.83. The van der Waals surface area contributed by atoms with Crippen LogP contribution in [0.4, 0.5) is 0 Å². The van der Waals surface area contributed by atoms with Crippen LogP contribution in [0.25, 0.3) is 0 Å². The minimum Gasteiger partial charge on any atom is -0.352 e. The van der Waals surface area contributed by atoms with Crippen molar-refractivity contribution in [2.24, 2.45) is 5.41 Å². The van der Waals surface area contributed by atoms with Crippen molar-refractivity contribution < 1.29 is 4.79 Å². The highest BCUT2D eigenvalue weighted by atomic mass is 35.5. The van der Waals surface area contributed by atoms with E-state index in [9.17, 15) is 4.79 Å². The largest absolute Gasteiger partial charge is 0.352 e. The van der Waals surface area contributed by atoms with Crippen molar-refractivity contribution in [3.63, 3.8) is 0 Å². The smallest absolute Gasteiger partial charge is 0.227 e. The molecule has 106 valence electrons. The molecule has 1 N–H and O–H groups in total. The normalized spacial score (nSPS) is 11.3. The number of halogens is 1. The molecular formula is C15H18ClN3O. The number of hydrogen-bond acceptors (Lipinski definition) is 2. The summed E-state index contributed by atoms with van der Waals surface area (Å²) in [6.45, 7) is 4.94. The zero-order valence-electron chi connectivity index (χ0n) is 11.6. The third-order valence-electron chi connectivity index (χ3n) is 3.12. The van der Waals surface area contributed by atoms with Gasteiger partial charge in [0.15, 0.2) is 0 Å². The number of carbonyl (C=O) groups is 1. The fraction of sp³-hybridized carbons (Fsp3) is 0.333. The molecule has 0 aliphatic rings. The molecule has 1 aromatic carbocycles. The van der Waals surface area contributed by atoms with Crippen molar-refractivity contribution in [2.75, 3.05) is 0 Å². The fourth-order valence-corrected chi connectivity index (χ4v) is 2.06. The Labute approximate surface area is 123 Å². The number of benzene rings is 1. The summed E-state index contributed by atoms with van der Waals surface area (Å²) in [6, 6.07) is 7.45. The molecule has 0 saturated carbocycles. The van der Waals surface area contributed by atoms with Crippen molar-refractivity contribution in [3.05, 3.63) is 53.6 Å². The molecule has 0 unspecified atom stereocenters. The monoisotopic (exact) mass is 291 g/mol. The first kappa shape index (κ1) is 14.6. The van der Waals surface area contributed by atoms with Crippen LogP contribution in [0.2, 0.25) is 5.02 Å². The Morgan fingerprint density at radius 1 is 1.35 bits per heavy atom. The van der Waals surface area contributed by atoms with Gasteiger partial charge in [-0.05, 0) is 31.5 Å². The molecule has 0 aliphatic carbocycles. The highest BCUT2D eigenvalue weighted by Crippen LogP contribution is 2.18. The van der Waals surface area contributed by atoms with Crippen LogP contribution in [0.3, 0.4) is 0 Å². The Bertz CT molecular complexity index is 561. The van der Waals surface area contributed by atoms with Gasteiger partial charge in [0.2, 0.25) is 5.91 Å². The van der Waals surface area contributed by atoms with E-state index in [1.54, 1.807) is 12.5 Å².